The molecule has 0 radical (unpaired) electrons. The first-order valence-corrected chi connectivity index (χ1v) is 5.61. The fourth-order valence-corrected chi connectivity index (χ4v) is 1.81. The summed E-state index contributed by atoms with van der Waals surface area (Å²) in [6, 6.07) is 5.72. The zero-order chi connectivity index (χ0) is 13.2. The minimum atomic E-state index is 0.280. The zero-order valence-corrected chi connectivity index (χ0v) is 10.1. The van der Waals surface area contributed by atoms with Crippen LogP contribution in [0.1, 0.15) is 5.89 Å². The molecule has 6 nitrogen and oxygen atoms in total. The SMILES string of the molecule is Cc1nc2ccc(-c3cnc(NC#N)nc3)cc2o1. The summed E-state index contributed by atoms with van der Waals surface area (Å²) in [6.45, 7) is 1.81. The van der Waals surface area contributed by atoms with E-state index in [9.17, 15) is 0 Å². The standard InChI is InChI=1S/C13H9N5O/c1-8-18-11-3-2-9(4-12(11)19-8)10-5-15-13(16-6-10)17-7-14/h2-6H,1H3,(H,15,16,17). The van der Waals surface area contributed by atoms with Crippen molar-refractivity contribution in [1.29, 1.82) is 5.26 Å². The molecule has 1 N–H and O–H groups in total. The second-order valence-corrected chi connectivity index (χ2v) is 3.95. The average Bonchev–Trinajstić information content (AvgIpc) is 2.79. The van der Waals surface area contributed by atoms with Crippen molar-refractivity contribution in [2.75, 3.05) is 5.32 Å². The van der Waals surface area contributed by atoms with Crippen molar-refractivity contribution in [1.82, 2.24) is 15.0 Å². The number of aromatic nitrogens is 3. The molecular weight excluding hydrogens is 242 g/mol. The Balaban J connectivity index is 2.01. The van der Waals surface area contributed by atoms with Gasteiger partial charge in [-0.15, -0.1) is 0 Å². The highest BCUT2D eigenvalue weighted by molar-refractivity contribution is 5.79. The summed E-state index contributed by atoms with van der Waals surface area (Å²) < 4.78 is 5.48. The van der Waals surface area contributed by atoms with Gasteiger partial charge in [0.05, 0.1) is 0 Å². The van der Waals surface area contributed by atoms with E-state index in [0.717, 1.165) is 22.2 Å². The summed E-state index contributed by atoms with van der Waals surface area (Å²) >= 11 is 0. The molecule has 0 unspecified atom stereocenters. The molecule has 3 aromatic rings. The van der Waals surface area contributed by atoms with Crippen LogP contribution < -0.4 is 5.32 Å². The van der Waals surface area contributed by atoms with Gasteiger partial charge in [0.15, 0.2) is 17.7 Å². The quantitative estimate of drug-likeness (QED) is 0.556. The molecule has 0 amide bonds. The predicted molar refractivity (Wildman–Crippen MR) is 69.0 cm³/mol. The highest BCUT2D eigenvalue weighted by Crippen LogP contribution is 2.24. The number of nitriles is 1. The molecule has 0 atom stereocenters. The molecule has 0 saturated carbocycles. The van der Waals surface area contributed by atoms with Crippen LogP contribution >= 0.6 is 0 Å². The fourth-order valence-electron chi connectivity index (χ4n) is 1.81. The van der Waals surface area contributed by atoms with Crippen molar-refractivity contribution in [3.8, 4) is 17.3 Å². The Morgan fingerprint density at radius 3 is 2.74 bits per heavy atom. The van der Waals surface area contributed by atoms with Crippen molar-refractivity contribution >= 4 is 17.0 Å². The van der Waals surface area contributed by atoms with Crippen LogP contribution in [0.2, 0.25) is 0 Å². The molecule has 0 fully saturated rings. The van der Waals surface area contributed by atoms with Crippen LogP contribution in [0.5, 0.6) is 0 Å². The maximum Gasteiger partial charge on any atom is 0.236 e. The molecule has 2 heterocycles. The molecular formula is C13H9N5O. The Hall–Kier alpha value is -2.94. The van der Waals surface area contributed by atoms with E-state index in [-0.39, 0.29) is 5.95 Å². The Kier molecular flexibility index (Phi) is 2.58. The fraction of sp³-hybridized carbons (Fsp3) is 0.0769. The van der Waals surface area contributed by atoms with E-state index in [2.05, 4.69) is 20.3 Å². The Bertz CT molecular complexity index is 770. The van der Waals surface area contributed by atoms with Gasteiger partial charge in [-0.2, -0.15) is 5.26 Å². The first kappa shape index (κ1) is 11.2. The summed E-state index contributed by atoms with van der Waals surface area (Å²) in [5.74, 6) is 0.916. The predicted octanol–water partition coefficient (Wildman–Crippen LogP) is 2.49. The summed E-state index contributed by atoms with van der Waals surface area (Å²) in [6.07, 6.45) is 5.07. The van der Waals surface area contributed by atoms with E-state index >= 15 is 0 Å². The topological polar surface area (TPSA) is 87.6 Å². The molecule has 0 aliphatic heterocycles. The Morgan fingerprint density at radius 2 is 2.00 bits per heavy atom. The molecule has 6 heteroatoms. The number of nitrogens with zero attached hydrogens (tertiary/aromatic N) is 4. The number of nitrogens with one attached hydrogen (secondary N) is 1. The van der Waals surface area contributed by atoms with Gasteiger partial charge in [0.1, 0.15) is 5.52 Å². The van der Waals surface area contributed by atoms with Crippen LogP contribution in [-0.2, 0) is 0 Å². The maximum absolute atomic E-state index is 8.47. The number of hydrogen-bond acceptors (Lipinski definition) is 6. The minimum absolute atomic E-state index is 0.280. The van der Waals surface area contributed by atoms with Crippen LogP contribution in [0, 0.1) is 18.4 Å². The number of anilines is 1. The third-order valence-corrected chi connectivity index (χ3v) is 2.65. The van der Waals surface area contributed by atoms with Gasteiger partial charge in [-0.3, -0.25) is 5.32 Å². The highest BCUT2D eigenvalue weighted by Gasteiger charge is 2.05. The first-order valence-electron chi connectivity index (χ1n) is 5.61. The van der Waals surface area contributed by atoms with Crippen LogP contribution in [0.25, 0.3) is 22.2 Å². The monoisotopic (exact) mass is 251 g/mol. The van der Waals surface area contributed by atoms with Gasteiger partial charge in [-0.25, -0.2) is 15.0 Å². The van der Waals surface area contributed by atoms with Crippen molar-refractivity contribution in [2.45, 2.75) is 6.92 Å². The van der Waals surface area contributed by atoms with Crippen molar-refractivity contribution < 1.29 is 4.42 Å². The number of benzene rings is 1. The molecule has 19 heavy (non-hydrogen) atoms. The molecule has 0 spiro atoms. The van der Waals surface area contributed by atoms with Crippen LogP contribution in [-0.4, -0.2) is 15.0 Å². The lowest BCUT2D eigenvalue weighted by molar-refractivity contribution is 0.561. The van der Waals surface area contributed by atoms with Crippen LogP contribution in [0.15, 0.2) is 35.0 Å². The molecule has 3 rings (SSSR count). The molecule has 0 aliphatic carbocycles. The maximum atomic E-state index is 8.47. The van der Waals surface area contributed by atoms with Crippen LogP contribution in [0.4, 0.5) is 5.95 Å². The smallest absolute Gasteiger partial charge is 0.236 e. The molecule has 0 bridgehead atoms. The van der Waals surface area contributed by atoms with Gasteiger partial charge in [-0.05, 0) is 17.7 Å². The van der Waals surface area contributed by atoms with E-state index in [4.69, 9.17) is 9.68 Å². The normalized spacial score (nSPS) is 10.3. The lowest BCUT2D eigenvalue weighted by Crippen LogP contribution is -1.94. The summed E-state index contributed by atoms with van der Waals surface area (Å²) in [7, 11) is 0. The van der Waals surface area contributed by atoms with Gasteiger partial charge in [0, 0.05) is 24.9 Å². The van der Waals surface area contributed by atoms with E-state index in [1.54, 1.807) is 18.6 Å². The molecule has 92 valence electrons. The summed E-state index contributed by atoms with van der Waals surface area (Å²) in [5.41, 5.74) is 3.34. The summed E-state index contributed by atoms with van der Waals surface area (Å²) in [5, 5.41) is 10.8. The van der Waals surface area contributed by atoms with E-state index in [1.807, 2.05) is 25.1 Å². The van der Waals surface area contributed by atoms with Gasteiger partial charge in [0.2, 0.25) is 5.95 Å². The van der Waals surface area contributed by atoms with E-state index in [1.165, 1.54) is 0 Å². The highest BCUT2D eigenvalue weighted by atomic mass is 16.3. The second-order valence-electron chi connectivity index (χ2n) is 3.95. The molecule has 1 aromatic carbocycles. The van der Waals surface area contributed by atoms with E-state index in [0.29, 0.717) is 5.89 Å². The number of rotatable bonds is 2. The Labute approximate surface area is 108 Å². The largest absolute Gasteiger partial charge is 0.441 e. The lowest BCUT2D eigenvalue weighted by Gasteiger charge is -2.01. The molecule has 2 aromatic heterocycles. The number of fused-ring (bicyclic) bond motifs is 1. The van der Waals surface area contributed by atoms with Crippen LogP contribution in [0.3, 0.4) is 0 Å². The average molecular weight is 251 g/mol. The third kappa shape index (κ3) is 2.09. The van der Waals surface area contributed by atoms with Gasteiger partial charge in [-0.1, -0.05) is 6.07 Å². The number of oxazole rings is 1. The summed E-state index contributed by atoms with van der Waals surface area (Å²) in [4.78, 5) is 12.3. The second kappa shape index (κ2) is 4.38. The van der Waals surface area contributed by atoms with Gasteiger partial charge < -0.3 is 4.42 Å². The number of hydrogen-bond donors (Lipinski definition) is 1. The lowest BCUT2D eigenvalue weighted by atomic mass is 10.1. The first-order chi connectivity index (χ1) is 9.26. The van der Waals surface area contributed by atoms with Gasteiger partial charge in [0.25, 0.3) is 0 Å². The van der Waals surface area contributed by atoms with Crippen molar-refractivity contribution in [3.05, 3.63) is 36.5 Å². The Morgan fingerprint density at radius 1 is 1.21 bits per heavy atom. The molecule has 0 aliphatic rings. The van der Waals surface area contributed by atoms with Gasteiger partial charge >= 0.3 is 0 Å². The van der Waals surface area contributed by atoms with Crippen molar-refractivity contribution in [2.24, 2.45) is 0 Å². The third-order valence-electron chi connectivity index (χ3n) is 2.65. The molecule has 0 saturated heterocycles. The van der Waals surface area contributed by atoms with E-state index < -0.39 is 0 Å². The number of aryl methyl sites for hydroxylation is 1. The van der Waals surface area contributed by atoms with Crippen molar-refractivity contribution in [3.63, 3.8) is 0 Å². The minimum Gasteiger partial charge on any atom is -0.441 e. The zero-order valence-electron chi connectivity index (χ0n) is 10.1.